The van der Waals surface area contributed by atoms with E-state index in [1.54, 1.807) is 27.6 Å². The lowest BCUT2D eigenvalue weighted by Gasteiger charge is -2.27. The molecule has 5 aromatic carbocycles. The number of amides is 1. The highest BCUT2D eigenvalue weighted by Gasteiger charge is 2.42. The fourth-order valence-electron chi connectivity index (χ4n) is 10.6. The number of carboxylic acids is 1. The summed E-state index contributed by atoms with van der Waals surface area (Å²) in [4.78, 5) is 49.2. The van der Waals surface area contributed by atoms with Gasteiger partial charge >= 0.3 is 5.97 Å². The number of rotatable bonds is 11. The number of carboxylic acid groups (broad SMARTS) is 1. The first-order chi connectivity index (χ1) is 36.0. The molecule has 5 heterocycles. The van der Waals surface area contributed by atoms with E-state index in [1.165, 1.54) is 84.6 Å². The molecule has 1 saturated heterocycles. The first-order valence-electron chi connectivity index (χ1n) is 25.4. The van der Waals surface area contributed by atoms with Crippen molar-refractivity contribution in [3.05, 3.63) is 209 Å². The van der Waals surface area contributed by atoms with E-state index in [9.17, 15) is 19.5 Å². The number of carbonyl (C=O) groups is 2. The predicted octanol–water partition coefficient (Wildman–Crippen LogP) is 14.4. The second kappa shape index (κ2) is 20.3. The number of thiazole rings is 1. The van der Waals surface area contributed by atoms with Crippen LogP contribution in [0.1, 0.15) is 111 Å². The van der Waals surface area contributed by atoms with Crippen molar-refractivity contribution < 1.29 is 14.7 Å². The number of fused-ring (bicyclic) bond motifs is 3. The van der Waals surface area contributed by atoms with Gasteiger partial charge in [-0.2, -0.15) is 0 Å². The van der Waals surface area contributed by atoms with Crippen LogP contribution in [0.3, 0.4) is 0 Å². The monoisotopic (exact) mass is 1080 g/mol. The zero-order valence-corrected chi connectivity index (χ0v) is 46.8. The molecule has 1 saturated carbocycles. The number of thioether (sulfide) groups is 1. The SMILES string of the molecule is CC(C)(C)c1cc(CN2C(=O)/C(=c3/s/c(=C\c4ccc(-c5ccc(-c6ccc7c(c6)C6CCCC6N7c6ccc(C=C(c7ccccc7)c7ccccc7)cc6)s5)s4)c(=O)n3CC(=O)O)SC2=S)cc(C(C)(C)C)c1. The minimum atomic E-state index is -1.17. The third-order valence-electron chi connectivity index (χ3n) is 14.5. The van der Waals surface area contributed by atoms with Gasteiger partial charge in [0.25, 0.3) is 11.5 Å². The van der Waals surface area contributed by atoms with Crippen LogP contribution < -0.4 is 19.7 Å². The largest absolute Gasteiger partial charge is 0.480 e. The molecule has 12 heteroatoms. The summed E-state index contributed by atoms with van der Waals surface area (Å²) in [5, 5.41) is 9.95. The molecule has 1 aliphatic carbocycles. The number of carbonyl (C=O) groups excluding carboxylic acids is 1. The molecule has 2 atom stereocenters. The highest BCUT2D eigenvalue weighted by molar-refractivity contribution is 8.30. The molecule has 378 valence electrons. The van der Waals surface area contributed by atoms with Crippen LogP contribution in [0.4, 0.5) is 11.4 Å². The van der Waals surface area contributed by atoms with Gasteiger partial charge in [0.05, 0.1) is 11.1 Å². The van der Waals surface area contributed by atoms with Gasteiger partial charge in [0, 0.05) is 42.8 Å². The minimum Gasteiger partial charge on any atom is -0.480 e. The molecule has 7 nitrogen and oxygen atoms in total. The molecule has 0 spiro atoms. The van der Waals surface area contributed by atoms with Crippen molar-refractivity contribution in [1.29, 1.82) is 0 Å². The van der Waals surface area contributed by atoms with Gasteiger partial charge in [-0.25, -0.2) is 0 Å². The Morgan fingerprint density at radius 1 is 0.720 bits per heavy atom. The number of aromatic nitrogens is 1. The number of thiocarbonyl (C=S) groups is 1. The summed E-state index contributed by atoms with van der Waals surface area (Å²) in [6.07, 6.45) is 7.66. The maximum absolute atomic E-state index is 14.3. The summed E-state index contributed by atoms with van der Waals surface area (Å²) < 4.78 is 2.23. The fourth-order valence-corrected chi connectivity index (χ4v) is 15.2. The van der Waals surface area contributed by atoms with E-state index in [0.717, 1.165) is 43.3 Å². The molecule has 1 N–H and O–H groups in total. The summed E-state index contributed by atoms with van der Waals surface area (Å²) in [5.74, 6) is -1.02. The highest BCUT2D eigenvalue weighted by Crippen LogP contribution is 2.53. The van der Waals surface area contributed by atoms with Crippen molar-refractivity contribution in [3.8, 4) is 20.2 Å². The molecule has 0 radical (unpaired) electrons. The number of aliphatic carboxylic acids is 1. The maximum atomic E-state index is 14.3. The second-order valence-corrected chi connectivity index (χ2v) is 26.6. The Bertz CT molecular complexity index is 3680. The summed E-state index contributed by atoms with van der Waals surface area (Å²) in [6.45, 7) is 12.7. The molecule has 0 bridgehead atoms. The Kier molecular flexibility index (Phi) is 13.7. The van der Waals surface area contributed by atoms with Crippen molar-refractivity contribution in [2.45, 2.75) is 96.7 Å². The van der Waals surface area contributed by atoms with Crippen molar-refractivity contribution in [1.82, 2.24) is 9.47 Å². The fraction of sp³-hybridized carbons (Fsp3) is 0.238. The van der Waals surface area contributed by atoms with Gasteiger partial charge in [-0.3, -0.25) is 23.9 Å². The lowest BCUT2D eigenvalue weighted by Crippen LogP contribution is -2.35. The summed E-state index contributed by atoms with van der Waals surface area (Å²) in [6, 6.07) is 52.7. The summed E-state index contributed by atoms with van der Waals surface area (Å²) in [7, 11) is 0. The molecule has 3 aliphatic rings. The molecule has 2 aliphatic heterocycles. The van der Waals surface area contributed by atoms with Gasteiger partial charge in [-0.05, 0) is 134 Å². The van der Waals surface area contributed by atoms with Crippen LogP contribution in [-0.4, -0.2) is 36.8 Å². The van der Waals surface area contributed by atoms with Gasteiger partial charge in [-0.1, -0.05) is 169 Å². The molecule has 8 aromatic rings. The van der Waals surface area contributed by atoms with Crippen LogP contribution in [0.2, 0.25) is 0 Å². The van der Waals surface area contributed by atoms with Crippen LogP contribution in [0, 0.1) is 0 Å². The van der Waals surface area contributed by atoms with E-state index in [2.05, 4.69) is 192 Å². The average Bonchev–Trinajstić information content (AvgIpc) is 4.27. The van der Waals surface area contributed by atoms with Crippen molar-refractivity contribution in [3.63, 3.8) is 0 Å². The standard InChI is InChI=1S/C63H57N3O4S5/c1-62(2,3)43-30-39(31-44(34-43)63(4,5)6)36-65-59(70)57(75-61(65)71)60-64(37-56(67)68)58(69)55(74-60)35-46-25-27-53(72-46)54-29-28-52(73-54)42-22-26-51-49(33-42)47-18-13-19-50(47)66(51)45-23-20-38(21-24-45)32-48(40-14-9-7-10-15-40)41-16-11-8-12-17-41/h7-12,14-17,20-35,47,50H,13,18-19,36-37H2,1-6H3,(H,67,68)/b55-35-,60-57-. The number of hydrogen-bond acceptors (Lipinski definition) is 9. The van der Waals surface area contributed by atoms with Gasteiger partial charge in [0.2, 0.25) is 0 Å². The zero-order valence-electron chi connectivity index (χ0n) is 42.8. The van der Waals surface area contributed by atoms with Crippen LogP contribution in [0.15, 0.2) is 150 Å². The second-order valence-electron chi connectivity index (χ2n) is 21.7. The number of anilines is 2. The van der Waals surface area contributed by atoms with Gasteiger partial charge in [0.1, 0.15) is 20.4 Å². The van der Waals surface area contributed by atoms with E-state index < -0.39 is 18.1 Å². The molecule has 2 fully saturated rings. The Morgan fingerprint density at radius 3 is 2.01 bits per heavy atom. The number of hydrogen-bond donors (Lipinski definition) is 1. The van der Waals surface area contributed by atoms with Gasteiger partial charge in [0.15, 0.2) is 0 Å². The molecule has 2 unspecified atom stereocenters. The van der Waals surface area contributed by atoms with E-state index in [-0.39, 0.29) is 28.2 Å². The Morgan fingerprint density at radius 2 is 1.36 bits per heavy atom. The lowest BCUT2D eigenvalue weighted by atomic mass is 9.79. The molecule has 75 heavy (non-hydrogen) atoms. The average molecular weight is 1080 g/mol. The first-order valence-corrected chi connectivity index (χ1v) is 29.1. The predicted molar refractivity (Wildman–Crippen MR) is 319 cm³/mol. The lowest BCUT2D eigenvalue weighted by molar-refractivity contribution is -0.137. The zero-order chi connectivity index (χ0) is 52.3. The smallest absolute Gasteiger partial charge is 0.323 e. The van der Waals surface area contributed by atoms with Crippen LogP contribution >= 0.6 is 58.0 Å². The third kappa shape index (κ3) is 10.2. The van der Waals surface area contributed by atoms with Crippen molar-refractivity contribution >= 4 is 108 Å². The molecule has 3 aromatic heterocycles. The van der Waals surface area contributed by atoms with E-state index in [0.29, 0.717) is 25.5 Å². The first kappa shape index (κ1) is 50.7. The van der Waals surface area contributed by atoms with E-state index >= 15 is 0 Å². The maximum Gasteiger partial charge on any atom is 0.323 e. The quantitative estimate of drug-likeness (QED) is 0.102. The molecular formula is C63H57N3O4S5. The van der Waals surface area contributed by atoms with Crippen molar-refractivity contribution in [2.75, 3.05) is 4.90 Å². The third-order valence-corrected chi connectivity index (χ3v) is 19.6. The van der Waals surface area contributed by atoms with E-state index in [1.807, 2.05) is 12.1 Å². The Balaban J connectivity index is 0.846. The summed E-state index contributed by atoms with van der Waals surface area (Å²) >= 11 is 11.4. The van der Waals surface area contributed by atoms with Crippen molar-refractivity contribution in [2.24, 2.45) is 0 Å². The minimum absolute atomic E-state index is 0.108. The van der Waals surface area contributed by atoms with Crippen LogP contribution in [0.5, 0.6) is 0 Å². The number of benzene rings is 5. The normalized spacial score (nSPS) is 17.5. The Labute approximate surface area is 459 Å². The van der Waals surface area contributed by atoms with Crippen LogP contribution in [-0.2, 0) is 33.5 Å². The van der Waals surface area contributed by atoms with Crippen LogP contribution in [0.25, 0.3) is 42.8 Å². The molecule has 1 amide bonds. The van der Waals surface area contributed by atoms with Gasteiger partial charge in [-0.15, -0.1) is 34.0 Å². The summed E-state index contributed by atoms with van der Waals surface area (Å²) in [5.41, 5.74) is 12.5. The van der Waals surface area contributed by atoms with E-state index in [4.69, 9.17) is 12.2 Å². The number of thiophene rings is 2. The highest BCUT2D eigenvalue weighted by atomic mass is 32.2. The van der Waals surface area contributed by atoms with Gasteiger partial charge < -0.3 is 10.0 Å². The molecule has 11 rings (SSSR count). The molecular weight excluding hydrogens is 1020 g/mol. The topological polar surface area (TPSA) is 82.9 Å². The number of nitrogens with zero attached hydrogens (tertiary/aromatic N) is 3. The Hall–Kier alpha value is -6.41.